The fourth-order valence-electron chi connectivity index (χ4n) is 2.87. The van der Waals surface area contributed by atoms with Crippen LogP contribution >= 0.6 is 23.4 Å². The van der Waals surface area contributed by atoms with Crippen LogP contribution in [0.3, 0.4) is 0 Å². The predicted octanol–water partition coefficient (Wildman–Crippen LogP) is 4.55. The zero-order valence-corrected chi connectivity index (χ0v) is 16.2. The van der Waals surface area contributed by atoms with E-state index in [0.717, 1.165) is 0 Å². The minimum Gasteiger partial charge on any atom is -0.335 e. The number of rotatable bonds is 3. The van der Waals surface area contributed by atoms with Gasteiger partial charge >= 0.3 is 5.51 Å². The van der Waals surface area contributed by atoms with Crippen LogP contribution in [0, 0.1) is 0 Å². The van der Waals surface area contributed by atoms with E-state index in [9.17, 15) is 22.8 Å². The number of halogens is 4. The van der Waals surface area contributed by atoms with Gasteiger partial charge in [-0.25, -0.2) is 0 Å². The molecule has 1 aliphatic heterocycles. The van der Waals surface area contributed by atoms with Crippen molar-refractivity contribution in [2.75, 3.05) is 26.2 Å². The first-order valence-corrected chi connectivity index (χ1v) is 9.62. The number of amides is 2. The van der Waals surface area contributed by atoms with Crippen molar-refractivity contribution in [3.8, 4) is 0 Å². The van der Waals surface area contributed by atoms with Gasteiger partial charge in [-0.15, -0.1) is 0 Å². The Bertz CT molecular complexity index is 849. The predicted molar refractivity (Wildman–Crippen MR) is 102 cm³/mol. The molecule has 0 bridgehead atoms. The van der Waals surface area contributed by atoms with Crippen LogP contribution in [-0.4, -0.2) is 53.3 Å². The highest BCUT2D eigenvalue weighted by Crippen LogP contribution is 2.36. The van der Waals surface area contributed by atoms with Crippen LogP contribution in [0.2, 0.25) is 5.02 Å². The largest absolute Gasteiger partial charge is 0.446 e. The Morgan fingerprint density at radius 2 is 1.18 bits per heavy atom. The first-order valence-electron chi connectivity index (χ1n) is 8.43. The molecule has 2 amide bonds. The topological polar surface area (TPSA) is 40.6 Å². The highest BCUT2D eigenvalue weighted by Gasteiger charge is 2.29. The molecule has 0 aromatic heterocycles. The number of carbonyl (C=O) groups excluding carboxylic acids is 2. The van der Waals surface area contributed by atoms with Crippen molar-refractivity contribution in [2.45, 2.75) is 10.4 Å². The molecule has 4 nitrogen and oxygen atoms in total. The van der Waals surface area contributed by atoms with Gasteiger partial charge in [0.2, 0.25) is 0 Å². The van der Waals surface area contributed by atoms with Gasteiger partial charge in [0.15, 0.2) is 0 Å². The minimum atomic E-state index is -4.36. The molecule has 2 aromatic rings. The van der Waals surface area contributed by atoms with Crippen molar-refractivity contribution in [1.29, 1.82) is 0 Å². The molecule has 1 fully saturated rings. The van der Waals surface area contributed by atoms with E-state index < -0.39 is 5.51 Å². The second-order valence-corrected chi connectivity index (χ2v) is 7.74. The third-order valence-electron chi connectivity index (χ3n) is 4.28. The third-order valence-corrected chi connectivity index (χ3v) is 5.27. The summed E-state index contributed by atoms with van der Waals surface area (Å²) in [7, 11) is 0. The lowest BCUT2D eigenvalue weighted by atomic mass is 10.1. The van der Waals surface area contributed by atoms with Gasteiger partial charge in [0.1, 0.15) is 0 Å². The molecule has 1 saturated heterocycles. The Hall–Kier alpha value is -2.19. The van der Waals surface area contributed by atoms with Crippen molar-refractivity contribution < 1.29 is 22.8 Å². The maximum absolute atomic E-state index is 12.6. The number of hydrogen-bond donors (Lipinski definition) is 0. The lowest BCUT2D eigenvalue weighted by Crippen LogP contribution is -2.50. The summed E-state index contributed by atoms with van der Waals surface area (Å²) in [5.41, 5.74) is -3.51. The smallest absolute Gasteiger partial charge is 0.335 e. The molecule has 0 saturated carbocycles. The zero-order chi connectivity index (χ0) is 20.3. The van der Waals surface area contributed by atoms with E-state index in [1.165, 1.54) is 24.3 Å². The normalized spacial score (nSPS) is 14.9. The van der Waals surface area contributed by atoms with Gasteiger partial charge in [0.05, 0.1) is 0 Å². The molecule has 1 heterocycles. The number of thioether (sulfide) groups is 1. The van der Waals surface area contributed by atoms with Crippen LogP contribution in [0.4, 0.5) is 13.2 Å². The number of hydrogen-bond acceptors (Lipinski definition) is 3. The van der Waals surface area contributed by atoms with Crippen LogP contribution in [0.15, 0.2) is 53.4 Å². The molecule has 0 spiro atoms. The van der Waals surface area contributed by atoms with Crippen molar-refractivity contribution in [2.24, 2.45) is 0 Å². The van der Waals surface area contributed by atoms with E-state index in [0.29, 0.717) is 42.3 Å². The Morgan fingerprint density at radius 3 is 1.57 bits per heavy atom. The first-order chi connectivity index (χ1) is 13.2. The lowest BCUT2D eigenvalue weighted by molar-refractivity contribution is -0.0328. The van der Waals surface area contributed by atoms with Crippen LogP contribution in [-0.2, 0) is 0 Å². The van der Waals surface area contributed by atoms with Gasteiger partial charge < -0.3 is 9.80 Å². The Labute approximate surface area is 169 Å². The summed E-state index contributed by atoms with van der Waals surface area (Å²) in [6.07, 6.45) is 0. The van der Waals surface area contributed by atoms with Gasteiger partial charge in [-0.2, -0.15) is 13.2 Å². The average Bonchev–Trinajstić information content (AvgIpc) is 2.67. The number of piperazine rings is 1. The molecule has 28 heavy (non-hydrogen) atoms. The highest BCUT2D eigenvalue weighted by molar-refractivity contribution is 8.00. The van der Waals surface area contributed by atoms with Gasteiger partial charge in [0, 0.05) is 47.2 Å². The van der Waals surface area contributed by atoms with Crippen molar-refractivity contribution in [3.63, 3.8) is 0 Å². The second kappa shape index (κ2) is 8.45. The summed E-state index contributed by atoms with van der Waals surface area (Å²) in [6, 6.07) is 12.0. The average molecular weight is 429 g/mol. The van der Waals surface area contributed by atoms with Crippen molar-refractivity contribution in [1.82, 2.24) is 9.80 Å². The third kappa shape index (κ3) is 5.20. The molecule has 1 aliphatic rings. The molecule has 0 radical (unpaired) electrons. The Balaban J connectivity index is 1.57. The summed E-state index contributed by atoms with van der Waals surface area (Å²) in [6.45, 7) is 1.48. The fourth-order valence-corrected chi connectivity index (χ4v) is 3.53. The molecule has 0 N–H and O–H groups in total. The van der Waals surface area contributed by atoms with Gasteiger partial charge in [-0.05, 0) is 60.3 Å². The molecule has 0 atom stereocenters. The lowest BCUT2D eigenvalue weighted by Gasteiger charge is -2.35. The molecule has 3 rings (SSSR count). The summed E-state index contributed by atoms with van der Waals surface area (Å²) < 4.78 is 37.2. The summed E-state index contributed by atoms with van der Waals surface area (Å²) >= 11 is 5.61. The number of carbonyl (C=O) groups is 2. The monoisotopic (exact) mass is 428 g/mol. The molecular formula is C19H16ClF3N2O2S. The molecule has 9 heteroatoms. The fraction of sp³-hybridized carbons (Fsp3) is 0.263. The zero-order valence-electron chi connectivity index (χ0n) is 14.6. The van der Waals surface area contributed by atoms with Crippen LogP contribution in [0.5, 0.6) is 0 Å². The quantitative estimate of drug-likeness (QED) is 0.673. The van der Waals surface area contributed by atoms with Crippen molar-refractivity contribution >= 4 is 35.2 Å². The highest BCUT2D eigenvalue weighted by atomic mass is 35.5. The first kappa shape index (κ1) is 20.5. The van der Waals surface area contributed by atoms with E-state index in [1.807, 2.05) is 0 Å². The van der Waals surface area contributed by atoms with E-state index in [1.54, 1.807) is 34.1 Å². The standard InChI is InChI=1S/C19H16ClF3N2O2S/c20-15-5-1-13(2-6-15)17(26)24-9-11-25(12-10-24)18(27)14-3-7-16(8-4-14)28-19(21,22)23/h1-8H,9-12H2. The Morgan fingerprint density at radius 1 is 0.786 bits per heavy atom. The molecule has 148 valence electrons. The van der Waals surface area contributed by atoms with Gasteiger partial charge in [-0.1, -0.05) is 11.6 Å². The summed E-state index contributed by atoms with van der Waals surface area (Å²) in [5.74, 6) is -0.389. The summed E-state index contributed by atoms with van der Waals surface area (Å²) in [4.78, 5) is 28.3. The second-order valence-electron chi connectivity index (χ2n) is 6.16. The minimum absolute atomic E-state index is 0.0300. The molecule has 0 unspecified atom stereocenters. The maximum Gasteiger partial charge on any atom is 0.446 e. The van der Waals surface area contributed by atoms with E-state index in [4.69, 9.17) is 11.6 Å². The maximum atomic E-state index is 12.6. The van der Waals surface area contributed by atoms with E-state index >= 15 is 0 Å². The Kier molecular flexibility index (Phi) is 6.20. The van der Waals surface area contributed by atoms with Crippen LogP contribution < -0.4 is 0 Å². The van der Waals surface area contributed by atoms with E-state index in [-0.39, 0.29) is 28.5 Å². The van der Waals surface area contributed by atoms with Crippen molar-refractivity contribution in [3.05, 3.63) is 64.7 Å². The van der Waals surface area contributed by atoms with Crippen LogP contribution in [0.25, 0.3) is 0 Å². The number of nitrogens with zero attached hydrogens (tertiary/aromatic N) is 2. The molecule has 2 aromatic carbocycles. The SMILES string of the molecule is O=C(c1ccc(Cl)cc1)N1CCN(C(=O)c2ccc(SC(F)(F)F)cc2)CC1. The van der Waals surface area contributed by atoms with Gasteiger partial charge in [-0.3, -0.25) is 9.59 Å². The van der Waals surface area contributed by atoms with Crippen LogP contribution in [0.1, 0.15) is 20.7 Å². The molecular weight excluding hydrogens is 413 g/mol. The van der Waals surface area contributed by atoms with E-state index in [2.05, 4.69) is 0 Å². The summed E-state index contributed by atoms with van der Waals surface area (Å²) in [5, 5.41) is 0.548. The molecule has 0 aliphatic carbocycles. The van der Waals surface area contributed by atoms with Gasteiger partial charge in [0.25, 0.3) is 11.8 Å². The number of benzene rings is 2. The number of alkyl halides is 3.